The van der Waals surface area contributed by atoms with Gasteiger partial charge in [0.05, 0.1) is 0 Å². The predicted octanol–water partition coefficient (Wildman–Crippen LogP) is 1.76. The van der Waals surface area contributed by atoms with E-state index in [1.54, 1.807) is 26.2 Å². The van der Waals surface area contributed by atoms with Crippen molar-refractivity contribution in [1.29, 1.82) is 0 Å². The molecule has 76 valence electrons. The van der Waals surface area contributed by atoms with Gasteiger partial charge in [0, 0.05) is 22.9 Å². The summed E-state index contributed by atoms with van der Waals surface area (Å²) >= 11 is -1.95. The first-order valence-electron chi connectivity index (χ1n) is 4.09. The van der Waals surface area contributed by atoms with Crippen LogP contribution < -0.4 is 0 Å². The molecule has 0 aliphatic heterocycles. The van der Waals surface area contributed by atoms with Gasteiger partial charge >= 0.3 is 0 Å². The molecule has 14 heavy (non-hydrogen) atoms. The third-order valence-electron chi connectivity index (χ3n) is 1.91. The van der Waals surface area contributed by atoms with Gasteiger partial charge in [-0.25, -0.2) is 14.2 Å². The summed E-state index contributed by atoms with van der Waals surface area (Å²) in [6, 6.07) is 0. The van der Waals surface area contributed by atoms with E-state index in [9.17, 15) is 4.21 Å². The second kappa shape index (κ2) is 4.43. The SMILES string of the molecule is CC(=C(C)S(=O)O)c1ncc(C)cn1. The molecule has 0 radical (unpaired) electrons. The highest BCUT2D eigenvalue weighted by molar-refractivity contribution is 7.83. The lowest BCUT2D eigenvalue weighted by Gasteiger charge is -2.02. The van der Waals surface area contributed by atoms with E-state index >= 15 is 0 Å². The Bertz CT molecular complexity index is 384. The van der Waals surface area contributed by atoms with Crippen LogP contribution >= 0.6 is 0 Å². The van der Waals surface area contributed by atoms with Crippen LogP contribution in [0.15, 0.2) is 17.3 Å². The number of nitrogens with zero attached hydrogens (tertiary/aromatic N) is 2. The Hall–Kier alpha value is -1.07. The average Bonchev–Trinajstić information content (AvgIpc) is 2.16. The van der Waals surface area contributed by atoms with Crippen LogP contribution in [0.2, 0.25) is 0 Å². The second-order valence-electron chi connectivity index (χ2n) is 3.01. The molecule has 1 atom stereocenters. The summed E-state index contributed by atoms with van der Waals surface area (Å²) in [7, 11) is 0. The van der Waals surface area contributed by atoms with Gasteiger partial charge in [-0.1, -0.05) is 0 Å². The lowest BCUT2D eigenvalue weighted by molar-refractivity contribution is 0.571. The van der Waals surface area contributed by atoms with Gasteiger partial charge in [0.1, 0.15) is 0 Å². The Labute approximate surface area is 85.4 Å². The summed E-state index contributed by atoms with van der Waals surface area (Å²) < 4.78 is 19.6. The molecule has 0 aliphatic carbocycles. The number of rotatable bonds is 2. The fraction of sp³-hybridized carbons (Fsp3) is 0.333. The highest BCUT2D eigenvalue weighted by Crippen LogP contribution is 2.15. The number of allylic oxidation sites excluding steroid dienone is 2. The topological polar surface area (TPSA) is 63.1 Å². The van der Waals surface area contributed by atoms with Crippen molar-refractivity contribution in [3.8, 4) is 0 Å². The minimum Gasteiger partial charge on any atom is -0.302 e. The molecule has 4 nitrogen and oxygen atoms in total. The third kappa shape index (κ3) is 2.46. The highest BCUT2D eigenvalue weighted by Gasteiger charge is 2.07. The van der Waals surface area contributed by atoms with Gasteiger partial charge in [-0.2, -0.15) is 0 Å². The molecule has 0 aromatic carbocycles. The molecule has 0 amide bonds. The first-order valence-corrected chi connectivity index (χ1v) is 5.20. The van der Waals surface area contributed by atoms with Crippen molar-refractivity contribution in [2.45, 2.75) is 20.8 Å². The summed E-state index contributed by atoms with van der Waals surface area (Å²) in [4.78, 5) is 8.52. The van der Waals surface area contributed by atoms with Crippen molar-refractivity contribution in [3.63, 3.8) is 0 Å². The summed E-state index contributed by atoms with van der Waals surface area (Å²) in [5, 5.41) is 0. The van der Waals surface area contributed by atoms with Gasteiger partial charge in [-0.3, -0.25) is 0 Å². The summed E-state index contributed by atoms with van der Waals surface area (Å²) in [5.41, 5.74) is 1.61. The maximum absolute atomic E-state index is 10.8. The van der Waals surface area contributed by atoms with E-state index in [2.05, 4.69) is 9.97 Å². The van der Waals surface area contributed by atoms with Crippen LogP contribution in [0, 0.1) is 6.92 Å². The zero-order valence-electron chi connectivity index (χ0n) is 8.31. The van der Waals surface area contributed by atoms with Crippen molar-refractivity contribution >= 4 is 16.7 Å². The van der Waals surface area contributed by atoms with E-state index < -0.39 is 11.1 Å². The molecule has 1 aromatic rings. The van der Waals surface area contributed by atoms with E-state index in [-0.39, 0.29) is 0 Å². The van der Waals surface area contributed by atoms with Gasteiger partial charge in [0.25, 0.3) is 0 Å². The van der Waals surface area contributed by atoms with E-state index in [1.165, 1.54) is 0 Å². The van der Waals surface area contributed by atoms with Crippen LogP contribution in [-0.4, -0.2) is 18.7 Å². The molecule has 0 fully saturated rings. The maximum atomic E-state index is 10.8. The highest BCUT2D eigenvalue weighted by atomic mass is 32.2. The van der Waals surface area contributed by atoms with Crippen LogP contribution in [-0.2, 0) is 11.1 Å². The summed E-state index contributed by atoms with van der Waals surface area (Å²) in [5.74, 6) is 0.496. The molecule has 0 aliphatic rings. The fourth-order valence-corrected chi connectivity index (χ4v) is 1.23. The van der Waals surface area contributed by atoms with E-state index in [1.807, 2.05) is 6.92 Å². The molecular weight excluding hydrogens is 200 g/mol. The lowest BCUT2D eigenvalue weighted by atomic mass is 10.2. The zero-order chi connectivity index (χ0) is 10.7. The zero-order valence-corrected chi connectivity index (χ0v) is 9.13. The quantitative estimate of drug-likeness (QED) is 0.759. The first-order chi connectivity index (χ1) is 6.52. The molecule has 5 heteroatoms. The van der Waals surface area contributed by atoms with Crippen LogP contribution in [0.3, 0.4) is 0 Å². The average molecular weight is 212 g/mol. The molecule has 0 spiro atoms. The smallest absolute Gasteiger partial charge is 0.182 e. The molecule has 1 rings (SSSR count). The van der Waals surface area contributed by atoms with Crippen LogP contribution in [0.4, 0.5) is 0 Å². The van der Waals surface area contributed by atoms with Crippen LogP contribution in [0.25, 0.3) is 5.57 Å². The Morgan fingerprint density at radius 3 is 2.29 bits per heavy atom. The number of aromatic nitrogens is 2. The van der Waals surface area contributed by atoms with Gasteiger partial charge < -0.3 is 4.55 Å². The summed E-state index contributed by atoms with van der Waals surface area (Å²) in [6.07, 6.45) is 3.36. The monoisotopic (exact) mass is 212 g/mol. The molecule has 0 saturated carbocycles. The molecular formula is C9H12N2O2S. The Kier molecular flexibility index (Phi) is 3.49. The standard InChI is InChI=1S/C9H12N2O2S/c1-6-4-10-9(11-5-6)7(2)8(3)14(12)13/h4-5H,1-3H3,(H,12,13). The second-order valence-corrected chi connectivity index (χ2v) is 4.13. The fourth-order valence-electron chi connectivity index (χ4n) is 0.875. The van der Waals surface area contributed by atoms with Crippen molar-refractivity contribution < 1.29 is 8.76 Å². The van der Waals surface area contributed by atoms with Crippen molar-refractivity contribution in [2.24, 2.45) is 0 Å². The molecule has 1 aromatic heterocycles. The van der Waals surface area contributed by atoms with Crippen molar-refractivity contribution in [1.82, 2.24) is 9.97 Å². The van der Waals surface area contributed by atoms with Crippen molar-refractivity contribution in [2.75, 3.05) is 0 Å². The Balaban J connectivity index is 3.12. The van der Waals surface area contributed by atoms with Crippen LogP contribution in [0.1, 0.15) is 25.2 Å². The molecule has 1 unspecified atom stereocenters. The number of aryl methyl sites for hydroxylation is 1. The maximum Gasteiger partial charge on any atom is 0.182 e. The third-order valence-corrected chi connectivity index (χ3v) is 2.74. The summed E-state index contributed by atoms with van der Waals surface area (Å²) in [6.45, 7) is 5.21. The Morgan fingerprint density at radius 1 is 1.36 bits per heavy atom. The van der Waals surface area contributed by atoms with Gasteiger partial charge in [0.15, 0.2) is 16.9 Å². The molecule has 1 N–H and O–H groups in total. The van der Waals surface area contributed by atoms with Gasteiger partial charge in [0.2, 0.25) is 0 Å². The number of hydrogen-bond donors (Lipinski definition) is 1. The van der Waals surface area contributed by atoms with Gasteiger partial charge in [-0.05, 0) is 26.3 Å². The first kappa shape index (κ1) is 11.0. The molecule has 0 bridgehead atoms. The predicted molar refractivity (Wildman–Crippen MR) is 55.8 cm³/mol. The minimum atomic E-state index is -1.95. The lowest BCUT2D eigenvalue weighted by Crippen LogP contribution is -1.97. The number of hydrogen-bond acceptors (Lipinski definition) is 3. The van der Waals surface area contributed by atoms with Crippen LogP contribution in [0.5, 0.6) is 0 Å². The van der Waals surface area contributed by atoms with Crippen molar-refractivity contribution in [3.05, 3.63) is 28.7 Å². The Morgan fingerprint density at radius 2 is 1.86 bits per heavy atom. The van der Waals surface area contributed by atoms with E-state index in [0.29, 0.717) is 16.3 Å². The van der Waals surface area contributed by atoms with E-state index in [0.717, 1.165) is 5.56 Å². The minimum absolute atomic E-state index is 0.383. The normalized spacial score (nSPS) is 14.9. The molecule has 0 saturated heterocycles. The van der Waals surface area contributed by atoms with Gasteiger partial charge in [-0.15, -0.1) is 0 Å². The largest absolute Gasteiger partial charge is 0.302 e. The van der Waals surface area contributed by atoms with E-state index in [4.69, 9.17) is 4.55 Å². The molecule has 1 heterocycles.